The molecule has 0 spiro atoms. The van der Waals surface area contributed by atoms with Gasteiger partial charge in [0.05, 0.1) is 4.90 Å². The zero-order valence-corrected chi connectivity index (χ0v) is 14.9. The summed E-state index contributed by atoms with van der Waals surface area (Å²) in [4.78, 5) is 0.366. The molecule has 120 valence electrons. The highest BCUT2D eigenvalue weighted by Crippen LogP contribution is 2.18. The van der Waals surface area contributed by atoms with Crippen LogP contribution in [-0.2, 0) is 16.4 Å². The van der Waals surface area contributed by atoms with Gasteiger partial charge in [-0.05, 0) is 50.4 Å². The fourth-order valence-corrected chi connectivity index (χ4v) is 4.15. The fourth-order valence-electron chi connectivity index (χ4n) is 1.99. The molecular formula is C15H26N2O2S2. The SMILES string of the molecule is CCNCCc1ccc(S(=O)(=O)N(C)C(C)CSC)cc1. The molecule has 4 nitrogen and oxygen atoms in total. The molecule has 1 atom stereocenters. The van der Waals surface area contributed by atoms with Crippen LogP contribution in [0.1, 0.15) is 19.4 Å². The fraction of sp³-hybridized carbons (Fsp3) is 0.600. The lowest BCUT2D eigenvalue weighted by molar-refractivity contribution is 0.415. The Morgan fingerprint density at radius 3 is 2.43 bits per heavy atom. The maximum atomic E-state index is 12.5. The molecule has 0 fully saturated rings. The largest absolute Gasteiger partial charge is 0.317 e. The van der Waals surface area contributed by atoms with Gasteiger partial charge in [-0.1, -0.05) is 19.1 Å². The van der Waals surface area contributed by atoms with Crippen molar-refractivity contribution in [3.8, 4) is 0 Å². The minimum atomic E-state index is -3.40. The zero-order chi connectivity index (χ0) is 15.9. The summed E-state index contributed by atoms with van der Waals surface area (Å²) in [6.07, 6.45) is 2.89. The van der Waals surface area contributed by atoms with Crippen LogP contribution in [0.15, 0.2) is 29.2 Å². The first-order valence-electron chi connectivity index (χ1n) is 7.20. The smallest absolute Gasteiger partial charge is 0.243 e. The molecule has 0 heterocycles. The van der Waals surface area contributed by atoms with Gasteiger partial charge in [-0.3, -0.25) is 0 Å². The average molecular weight is 331 g/mol. The predicted octanol–water partition coefficient (Wildman–Crippen LogP) is 2.21. The third-order valence-electron chi connectivity index (χ3n) is 3.47. The summed E-state index contributed by atoms with van der Waals surface area (Å²) in [5.74, 6) is 0.788. The van der Waals surface area contributed by atoms with E-state index in [1.165, 1.54) is 4.31 Å². The van der Waals surface area contributed by atoms with Gasteiger partial charge in [-0.25, -0.2) is 8.42 Å². The van der Waals surface area contributed by atoms with E-state index >= 15 is 0 Å². The quantitative estimate of drug-likeness (QED) is 0.705. The highest BCUT2D eigenvalue weighted by Gasteiger charge is 2.24. The number of sulfonamides is 1. The second kappa shape index (κ2) is 8.78. The summed E-state index contributed by atoms with van der Waals surface area (Å²) < 4.78 is 26.5. The molecule has 1 aromatic carbocycles. The molecule has 1 unspecified atom stereocenters. The Hall–Kier alpha value is -0.560. The highest BCUT2D eigenvalue weighted by atomic mass is 32.2. The Bertz CT molecular complexity index is 515. The Labute approximate surface area is 133 Å². The van der Waals surface area contributed by atoms with Crippen LogP contribution in [0.3, 0.4) is 0 Å². The van der Waals surface area contributed by atoms with Crippen LogP contribution in [0.2, 0.25) is 0 Å². The van der Waals surface area contributed by atoms with E-state index in [1.807, 2.05) is 25.3 Å². The molecule has 0 aromatic heterocycles. The average Bonchev–Trinajstić information content (AvgIpc) is 2.47. The number of likely N-dealkylation sites (N-methyl/N-ethyl adjacent to an activating group) is 1. The molecule has 1 N–H and O–H groups in total. The van der Waals surface area contributed by atoms with Gasteiger partial charge in [-0.2, -0.15) is 16.1 Å². The van der Waals surface area contributed by atoms with E-state index in [0.717, 1.165) is 30.8 Å². The van der Waals surface area contributed by atoms with Gasteiger partial charge in [0.25, 0.3) is 0 Å². The molecule has 6 heteroatoms. The highest BCUT2D eigenvalue weighted by molar-refractivity contribution is 7.98. The molecule has 0 aliphatic carbocycles. The molecule has 21 heavy (non-hydrogen) atoms. The molecule has 0 bridgehead atoms. The van der Waals surface area contributed by atoms with Crippen LogP contribution in [0.4, 0.5) is 0 Å². The zero-order valence-electron chi connectivity index (χ0n) is 13.3. The minimum absolute atomic E-state index is 0.0153. The van der Waals surface area contributed by atoms with Gasteiger partial charge >= 0.3 is 0 Å². The van der Waals surface area contributed by atoms with Gasteiger partial charge in [0.2, 0.25) is 10.0 Å². The van der Waals surface area contributed by atoms with E-state index in [2.05, 4.69) is 12.2 Å². The van der Waals surface area contributed by atoms with Crippen molar-refractivity contribution in [2.45, 2.75) is 31.2 Å². The first kappa shape index (κ1) is 18.5. The van der Waals surface area contributed by atoms with E-state index in [4.69, 9.17) is 0 Å². The van der Waals surface area contributed by atoms with E-state index < -0.39 is 10.0 Å². The minimum Gasteiger partial charge on any atom is -0.317 e. The molecule has 0 radical (unpaired) electrons. The van der Waals surface area contributed by atoms with Crippen molar-refractivity contribution in [1.29, 1.82) is 0 Å². The second-order valence-electron chi connectivity index (χ2n) is 5.07. The number of nitrogens with one attached hydrogen (secondary N) is 1. The van der Waals surface area contributed by atoms with Crippen molar-refractivity contribution >= 4 is 21.8 Å². The van der Waals surface area contributed by atoms with Gasteiger partial charge in [0.15, 0.2) is 0 Å². The molecule has 0 aliphatic heterocycles. The van der Waals surface area contributed by atoms with E-state index in [1.54, 1.807) is 30.9 Å². The van der Waals surface area contributed by atoms with Crippen LogP contribution in [-0.4, -0.2) is 50.9 Å². The Morgan fingerprint density at radius 2 is 1.90 bits per heavy atom. The first-order valence-corrected chi connectivity index (χ1v) is 10.0. The predicted molar refractivity (Wildman–Crippen MR) is 91.5 cm³/mol. The van der Waals surface area contributed by atoms with E-state index in [-0.39, 0.29) is 6.04 Å². The van der Waals surface area contributed by atoms with Gasteiger partial charge < -0.3 is 5.32 Å². The Kier molecular flexibility index (Phi) is 7.73. The summed E-state index contributed by atoms with van der Waals surface area (Å²) in [7, 11) is -1.75. The lowest BCUT2D eigenvalue weighted by Crippen LogP contribution is -2.36. The summed E-state index contributed by atoms with van der Waals surface area (Å²) in [6.45, 7) is 5.86. The van der Waals surface area contributed by atoms with Gasteiger partial charge in [0, 0.05) is 18.8 Å². The normalized spacial score (nSPS) is 13.6. The van der Waals surface area contributed by atoms with Crippen LogP contribution in [0, 0.1) is 0 Å². The van der Waals surface area contributed by atoms with E-state index in [9.17, 15) is 8.42 Å². The number of nitrogens with zero attached hydrogens (tertiary/aromatic N) is 1. The molecule has 1 rings (SSSR count). The topological polar surface area (TPSA) is 49.4 Å². The summed E-state index contributed by atoms with van der Waals surface area (Å²) >= 11 is 1.65. The Morgan fingerprint density at radius 1 is 1.29 bits per heavy atom. The number of thioether (sulfide) groups is 1. The van der Waals surface area contributed by atoms with Crippen molar-refractivity contribution in [2.24, 2.45) is 0 Å². The maximum Gasteiger partial charge on any atom is 0.243 e. The summed E-state index contributed by atoms with van der Waals surface area (Å²) in [6, 6.07) is 7.20. The van der Waals surface area contributed by atoms with Gasteiger partial charge in [-0.15, -0.1) is 0 Å². The first-order chi connectivity index (χ1) is 9.93. The lowest BCUT2D eigenvalue weighted by atomic mass is 10.1. The summed E-state index contributed by atoms with van der Waals surface area (Å²) in [5.41, 5.74) is 1.15. The standard InChI is InChI=1S/C15H26N2O2S2/c1-5-16-11-10-14-6-8-15(9-7-14)21(18,19)17(3)13(2)12-20-4/h6-9,13,16H,5,10-12H2,1-4H3. The molecule has 0 amide bonds. The van der Waals surface area contributed by atoms with Crippen molar-refractivity contribution in [3.05, 3.63) is 29.8 Å². The van der Waals surface area contributed by atoms with E-state index in [0.29, 0.717) is 4.90 Å². The number of rotatable bonds is 9. The van der Waals surface area contributed by atoms with Crippen LogP contribution >= 0.6 is 11.8 Å². The monoisotopic (exact) mass is 330 g/mol. The van der Waals surface area contributed by atoms with Crippen molar-refractivity contribution in [1.82, 2.24) is 9.62 Å². The second-order valence-corrected chi connectivity index (χ2v) is 7.98. The van der Waals surface area contributed by atoms with Crippen molar-refractivity contribution in [2.75, 3.05) is 32.1 Å². The number of hydrogen-bond acceptors (Lipinski definition) is 4. The number of hydrogen-bond donors (Lipinski definition) is 1. The van der Waals surface area contributed by atoms with Crippen molar-refractivity contribution in [3.63, 3.8) is 0 Å². The molecule has 1 aromatic rings. The third-order valence-corrected chi connectivity index (χ3v) is 6.27. The van der Waals surface area contributed by atoms with Crippen LogP contribution < -0.4 is 5.32 Å². The Balaban J connectivity index is 2.79. The molecule has 0 aliphatic rings. The number of benzene rings is 1. The van der Waals surface area contributed by atoms with Crippen LogP contribution in [0.25, 0.3) is 0 Å². The van der Waals surface area contributed by atoms with Gasteiger partial charge in [0.1, 0.15) is 0 Å². The summed E-state index contributed by atoms with van der Waals surface area (Å²) in [5, 5.41) is 3.26. The van der Waals surface area contributed by atoms with Crippen molar-refractivity contribution < 1.29 is 8.42 Å². The maximum absolute atomic E-state index is 12.5. The lowest BCUT2D eigenvalue weighted by Gasteiger charge is -2.23. The van der Waals surface area contributed by atoms with Crippen LogP contribution in [0.5, 0.6) is 0 Å². The molecule has 0 saturated carbocycles. The molecular weight excluding hydrogens is 304 g/mol. The molecule has 0 saturated heterocycles. The third kappa shape index (κ3) is 5.29.